The number of benzene rings is 2. The van der Waals surface area contributed by atoms with Crippen molar-refractivity contribution in [1.29, 1.82) is 0 Å². The molecule has 10 heteroatoms. The first-order valence-electron chi connectivity index (χ1n) is 9.27. The first-order chi connectivity index (χ1) is 14.5. The van der Waals surface area contributed by atoms with Crippen LogP contribution in [0.3, 0.4) is 0 Å². The average Bonchev–Trinajstić information content (AvgIpc) is 2.78. The number of carbonyl (C=O) groups is 1. The van der Waals surface area contributed by atoms with Gasteiger partial charge in [0.05, 0.1) is 23.6 Å². The highest BCUT2D eigenvalue weighted by molar-refractivity contribution is 7.92. The number of morpholine rings is 1. The quantitative estimate of drug-likeness (QED) is 0.420. The van der Waals surface area contributed by atoms with Gasteiger partial charge in [-0.25, -0.2) is 18.9 Å². The second kappa shape index (κ2) is 8.27. The van der Waals surface area contributed by atoms with Gasteiger partial charge in [-0.15, -0.1) is 0 Å². The van der Waals surface area contributed by atoms with Gasteiger partial charge < -0.3 is 9.64 Å². The third-order valence-corrected chi connectivity index (χ3v) is 6.17. The Morgan fingerprint density at radius 3 is 2.47 bits per heavy atom. The Balaban J connectivity index is 1.56. The highest BCUT2D eigenvalue weighted by Crippen LogP contribution is 2.23. The van der Waals surface area contributed by atoms with Crippen molar-refractivity contribution in [3.8, 4) is 0 Å². The summed E-state index contributed by atoms with van der Waals surface area (Å²) < 4.78 is 33.4. The van der Waals surface area contributed by atoms with Crippen LogP contribution >= 0.6 is 0 Å². The van der Waals surface area contributed by atoms with Crippen LogP contribution in [-0.2, 0) is 14.8 Å². The van der Waals surface area contributed by atoms with E-state index in [1.54, 1.807) is 12.1 Å². The second-order valence-corrected chi connectivity index (χ2v) is 8.43. The molecule has 1 aliphatic heterocycles. The fraction of sp³-hybridized carbons (Fsp3) is 0.200. The Hall–Kier alpha value is -3.21. The molecule has 1 saturated heterocycles. The lowest BCUT2D eigenvalue weighted by atomic mass is 10.2. The van der Waals surface area contributed by atoms with Gasteiger partial charge in [-0.2, -0.15) is 0 Å². The van der Waals surface area contributed by atoms with Crippen LogP contribution in [0.1, 0.15) is 10.4 Å². The molecule has 0 spiro atoms. The van der Waals surface area contributed by atoms with Gasteiger partial charge in [-0.05, 0) is 54.6 Å². The molecule has 1 aliphatic rings. The Bertz CT molecular complexity index is 1180. The van der Waals surface area contributed by atoms with E-state index in [2.05, 4.69) is 14.6 Å². The molecule has 0 atom stereocenters. The first-order valence-corrected chi connectivity index (χ1v) is 10.8. The minimum atomic E-state index is -3.83. The zero-order valence-electron chi connectivity index (χ0n) is 15.9. The number of nitrogens with one attached hydrogen (secondary N) is 2. The van der Waals surface area contributed by atoms with Gasteiger partial charge in [0.25, 0.3) is 15.9 Å². The zero-order chi connectivity index (χ0) is 21.1. The van der Waals surface area contributed by atoms with Crippen molar-refractivity contribution < 1.29 is 23.2 Å². The van der Waals surface area contributed by atoms with Crippen LogP contribution in [0.5, 0.6) is 0 Å². The van der Waals surface area contributed by atoms with Crippen molar-refractivity contribution in [2.75, 3.05) is 35.9 Å². The van der Waals surface area contributed by atoms with E-state index in [9.17, 15) is 13.2 Å². The van der Waals surface area contributed by atoms with Gasteiger partial charge in [0.1, 0.15) is 5.82 Å². The molecule has 30 heavy (non-hydrogen) atoms. The molecular formula is C20H20N4O5S. The number of fused-ring (bicyclic) bond motifs is 1. The number of rotatable bonds is 5. The Morgan fingerprint density at radius 1 is 1.03 bits per heavy atom. The molecule has 2 heterocycles. The topological polar surface area (TPSA) is 121 Å². The van der Waals surface area contributed by atoms with Gasteiger partial charge in [0.15, 0.2) is 0 Å². The van der Waals surface area contributed by atoms with Crippen LogP contribution in [0.4, 0.5) is 11.5 Å². The lowest BCUT2D eigenvalue weighted by molar-refractivity contribution is 0.0706. The minimum absolute atomic E-state index is 0.105. The number of amides is 1. The van der Waals surface area contributed by atoms with Crippen molar-refractivity contribution >= 4 is 38.3 Å². The number of pyridine rings is 1. The maximum absolute atomic E-state index is 12.8. The Morgan fingerprint density at radius 2 is 1.77 bits per heavy atom. The summed E-state index contributed by atoms with van der Waals surface area (Å²) in [6.45, 7) is 2.86. The smallest absolute Gasteiger partial charge is 0.274 e. The molecule has 1 amide bonds. The minimum Gasteiger partial charge on any atom is -0.378 e. The molecule has 2 aromatic carbocycles. The molecule has 9 nitrogen and oxygen atoms in total. The van der Waals surface area contributed by atoms with Gasteiger partial charge in [-0.1, -0.05) is 0 Å². The maximum Gasteiger partial charge on any atom is 0.274 e. The molecule has 0 radical (unpaired) electrons. The van der Waals surface area contributed by atoms with E-state index in [1.165, 1.54) is 35.8 Å². The van der Waals surface area contributed by atoms with E-state index >= 15 is 0 Å². The number of hydroxylamine groups is 1. The maximum atomic E-state index is 12.8. The molecule has 156 valence electrons. The second-order valence-electron chi connectivity index (χ2n) is 6.75. The van der Waals surface area contributed by atoms with E-state index in [0.29, 0.717) is 29.8 Å². The van der Waals surface area contributed by atoms with Crippen LogP contribution < -0.4 is 15.1 Å². The largest absolute Gasteiger partial charge is 0.378 e. The highest BCUT2D eigenvalue weighted by Gasteiger charge is 2.17. The number of ether oxygens (including phenoxy) is 1. The number of aromatic nitrogens is 1. The third-order valence-electron chi connectivity index (χ3n) is 4.79. The number of anilines is 2. The number of nitrogens with zero attached hydrogens (tertiary/aromatic N) is 2. The Labute approximate surface area is 173 Å². The van der Waals surface area contributed by atoms with Gasteiger partial charge in [0, 0.05) is 29.7 Å². The molecule has 4 rings (SSSR count). The van der Waals surface area contributed by atoms with E-state index in [1.807, 2.05) is 12.1 Å². The first kappa shape index (κ1) is 20.1. The fourth-order valence-corrected chi connectivity index (χ4v) is 4.29. The summed E-state index contributed by atoms with van der Waals surface area (Å²) in [5.74, 6) is 0.162. The SMILES string of the molecule is O=C(NO)c1ccc(NS(=O)(=O)c2ccc3nc(N4CCOCC4)ccc3c2)cc1. The van der Waals surface area contributed by atoms with Crippen molar-refractivity contribution in [3.05, 3.63) is 60.2 Å². The van der Waals surface area contributed by atoms with Crippen LogP contribution in [0.2, 0.25) is 0 Å². The Kier molecular flexibility index (Phi) is 5.53. The number of carbonyl (C=O) groups excluding carboxylic acids is 1. The van der Waals surface area contributed by atoms with Crippen molar-refractivity contribution in [1.82, 2.24) is 10.5 Å². The highest BCUT2D eigenvalue weighted by atomic mass is 32.2. The van der Waals surface area contributed by atoms with E-state index in [0.717, 1.165) is 18.9 Å². The number of sulfonamides is 1. The summed E-state index contributed by atoms with van der Waals surface area (Å²) in [5, 5.41) is 9.36. The van der Waals surface area contributed by atoms with E-state index in [4.69, 9.17) is 9.94 Å². The van der Waals surface area contributed by atoms with Crippen LogP contribution in [0, 0.1) is 0 Å². The predicted molar refractivity (Wildman–Crippen MR) is 111 cm³/mol. The number of hydrogen-bond acceptors (Lipinski definition) is 7. The molecule has 3 aromatic rings. The molecule has 3 N–H and O–H groups in total. The van der Waals surface area contributed by atoms with Crippen LogP contribution in [0.25, 0.3) is 10.9 Å². The summed E-state index contributed by atoms with van der Waals surface area (Å²) in [7, 11) is -3.83. The summed E-state index contributed by atoms with van der Waals surface area (Å²) in [6, 6.07) is 14.2. The third kappa shape index (κ3) is 4.20. The molecule has 1 aromatic heterocycles. The summed E-state index contributed by atoms with van der Waals surface area (Å²) >= 11 is 0. The molecule has 1 fully saturated rings. The normalized spacial score (nSPS) is 14.5. The molecular weight excluding hydrogens is 408 g/mol. The molecule has 0 saturated carbocycles. The molecule has 0 aliphatic carbocycles. The van der Waals surface area contributed by atoms with Crippen LogP contribution in [0.15, 0.2) is 59.5 Å². The van der Waals surface area contributed by atoms with E-state index in [-0.39, 0.29) is 10.5 Å². The summed E-state index contributed by atoms with van der Waals surface area (Å²) in [5.41, 5.74) is 2.73. The predicted octanol–water partition coefficient (Wildman–Crippen LogP) is 1.99. The van der Waals surface area contributed by atoms with E-state index < -0.39 is 15.9 Å². The van der Waals surface area contributed by atoms with Crippen LogP contribution in [-0.4, -0.2) is 50.8 Å². The standard InChI is InChI=1S/C20H20N4O5S/c25-20(22-26)14-1-4-16(5-2-14)23-30(27,28)17-6-7-18-15(13-17)3-8-19(21-18)24-9-11-29-12-10-24/h1-8,13,23,26H,9-12H2,(H,22,25). The molecule has 0 unspecified atom stereocenters. The van der Waals surface area contributed by atoms with Crippen molar-refractivity contribution in [2.45, 2.75) is 4.90 Å². The fourth-order valence-electron chi connectivity index (χ4n) is 3.20. The van der Waals surface area contributed by atoms with Gasteiger partial charge in [-0.3, -0.25) is 14.7 Å². The van der Waals surface area contributed by atoms with Crippen molar-refractivity contribution in [3.63, 3.8) is 0 Å². The molecule has 0 bridgehead atoms. The zero-order valence-corrected chi connectivity index (χ0v) is 16.7. The lowest BCUT2D eigenvalue weighted by Gasteiger charge is -2.27. The average molecular weight is 428 g/mol. The number of hydrogen-bond donors (Lipinski definition) is 3. The summed E-state index contributed by atoms with van der Waals surface area (Å²) in [4.78, 5) is 18.2. The monoisotopic (exact) mass is 428 g/mol. The van der Waals surface area contributed by atoms with Gasteiger partial charge in [0.2, 0.25) is 0 Å². The lowest BCUT2D eigenvalue weighted by Crippen LogP contribution is -2.36. The summed E-state index contributed by atoms with van der Waals surface area (Å²) in [6.07, 6.45) is 0. The van der Waals surface area contributed by atoms with Crippen molar-refractivity contribution in [2.24, 2.45) is 0 Å². The van der Waals surface area contributed by atoms with Gasteiger partial charge >= 0.3 is 0 Å².